The van der Waals surface area contributed by atoms with Crippen LogP contribution in [0.15, 0.2) is 0 Å². The average molecular weight is 152 g/mol. The van der Waals surface area contributed by atoms with Crippen molar-refractivity contribution in [2.45, 2.75) is 0 Å². The average Bonchev–Trinajstić information content (AvgIpc) is 1.79. The van der Waals surface area contributed by atoms with Gasteiger partial charge in [0, 0.05) is 7.05 Å². The molecule has 10 heavy (non-hydrogen) atoms. The molecular formula is C3H8N2O5-2. The zero-order valence-corrected chi connectivity index (χ0v) is 5.64. The van der Waals surface area contributed by atoms with Crippen molar-refractivity contribution in [2.75, 3.05) is 20.9 Å². The van der Waals surface area contributed by atoms with Crippen LogP contribution in [-0.2, 0) is 14.7 Å². The molecule has 0 spiro atoms. The fraction of sp³-hybridized carbons (Fsp3) is 1.00. The Morgan fingerprint density at radius 2 is 1.80 bits per heavy atom. The van der Waals surface area contributed by atoms with E-state index in [1.165, 1.54) is 0 Å². The molecule has 0 unspecified atom stereocenters. The van der Waals surface area contributed by atoms with Crippen LogP contribution in [0.4, 0.5) is 0 Å². The van der Waals surface area contributed by atoms with Gasteiger partial charge in [-0.1, -0.05) is 0 Å². The van der Waals surface area contributed by atoms with E-state index in [2.05, 4.69) is 14.7 Å². The van der Waals surface area contributed by atoms with E-state index in [-0.39, 0.29) is 10.5 Å². The summed E-state index contributed by atoms with van der Waals surface area (Å²) in [6.07, 6.45) is 0. The van der Waals surface area contributed by atoms with Crippen molar-refractivity contribution in [3.05, 3.63) is 10.4 Å². The second-order valence-corrected chi connectivity index (χ2v) is 1.32. The minimum absolute atomic E-state index is 0.0775. The molecule has 0 N–H and O–H groups in total. The van der Waals surface area contributed by atoms with Crippen molar-refractivity contribution in [1.82, 2.24) is 10.5 Å². The zero-order valence-electron chi connectivity index (χ0n) is 5.64. The monoisotopic (exact) mass is 152 g/mol. The van der Waals surface area contributed by atoms with Crippen molar-refractivity contribution in [3.63, 3.8) is 0 Å². The highest BCUT2D eigenvalue weighted by atomic mass is 17.3. The summed E-state index contributed by atoms with van der Waals surface area (Å²) >= 11 is 0. The molecule has 0 aliphatic heterocycles. The minimum Gasteiger partial charge on any atom is -0.762 e. The lowest BCUT2D eigenvalue weighted by Gasteiger charge is -2.22. The van der Waals surface area contributed by atoms with E-state index in [4.69, 9.17) is 0 Å². The van der Waals surface area contributed by atoms with E-state index in [9.17, 15) is 10.4 Å². The summed E-state index contributed by atoms with van der Waals surface area (Å²) in [6, 6.07) is 0. The highest BCUT2D eigenvalue weighted by molar-refractivity contribution is 4.21. The van der Waals surface area contributed by atoms with E-state index in [0.717, 1.165) is 14.1 Å². The van der Waals surface area contributed by atoms with Crippen LogP contribution in [0.25, 0.3) is 0 Å². The van der Waals surface area contributed by atoms with Crippen LogP contribution < -0.4 is 0 Å². The van der Waals surface area contributed by atoms with E-state index in [1.54, 1.807) is 0 Å². The first-order chi connectivity index (χ1) is 4.63. The standard InChI is InChI=1S/C3H8N2O5/c1-4(6)8-3-9-10-5(2)7/h3H2,1-2H3/q-2. The third-order valence-electron chi connectivity index (χ3n) is 0.440. The van der Waals surface area contributed by atoms with Gasteiger partial charge in [-0.25, -0.2) is 5.23 Å². The molecule has 0 saturated heterocycles. The Morgan fingerprint density at radius 1 is 1.20 bits per heavy atom. The largest absolute Gasteiger partial charge is 0.762 e. The third-order valence-corrected chi connectivity index (χ3v) is 0.440. The molecule has 0 saturated carbocycles. The minimum atomic E-state index is -0.424. The maximum absolute atomic E-state index is 9.96. The number of hydrogen-bond donors (Lipinski definition) is 0. The van der Waals surface area contributed by atoms with Gasteiger partial charge in [0.1, 0.15) is 0 Å². The summed E-state index contributed by atoms with van der Waals surface area (Å²) in [7, 11) is 2.21. The molecule has 62 valence electrons. The van der Waals surface area contributed by atoms with Gasteiger partial charge in [-0.3, -0.25) is 10.1 Å². The fourth-order valence-corrected chi connectivity index (χ4v) is 0.191. The molecule has 0 aliphatic rings. The maximum atomic E-state index is 9.96. The van der Waals surface area contributed by atoms with Gasteiger partial charge in [-0.2, -0.15) is 9.88 Å². The smallest absolute Gasteiger partial charge is 0.201 e. The van der Waals surface area contributed by atoms with Crippen LogP contribution in [0.5, 0.6) is 0 Å². The summed E-state index contributed by atoms with van der Waals surface area (Å²) in [4.78, 5) is 12.1. The lowest BCUT2D eigenvalue weighted by molar-refractivity contribution is -0.443. The summed E-state index contributed by atoms with van der Waals surface area (Å²) in [5, 5.41) is 20.1. The fourth-order valence-electron chi connectivity index (χ4n) is 0.191. The quantitative estimate of drug-likeness (QED) is 0.229. The predicted octanol–water partition coefficient (Wildman–Crippen LogP) is -0.402. The van der Waals surface area contributed by atoms with Crippen molar-refractivity contribution in [2.24, 2.45) is 0 Å². The number of nitrogens with zero attached hydrogens (tertiary/aromatic N) is 2. The first-order valence-corrected chi connectivity index (χ1v) is 2.37. The molecule has 0 fully saturated rings. The van der Waals surface area contributed by atoms with Crippen LogP contribution in [0.1, 0.15) is 0 Å². The number of hydrogen-bond acceptors (Lipinski definition) is 7. The summed E-state index contributed by atoms with van der Waals surface area (Å²) in [5.74, 6) is 0. The maximum Gasteiger partial charge on any atom is 0.201 e. The van der Waals surface area contributed by atoms with Crippen molar-refractivity contribution < 1.29 is 14.7 Å². The van der Waals surface area contributed by atoms with Gasteiger partial charge < -0.3 is 10.4 Å². The molecule has 0 radical (unpaired) electrons. The molecule has 7 nitrogen and oxygen atoms in total. The molecule has 0 atom stereocenters. The Morgan fingerprint density at radius 3 is 2.20 bits per heavy atom. The van der Waals surface area contributed by atoms with E-state index >= 15 is 0 Å². The topological polar surface area (TPSA) is 80.3 Å². The lowest BCUT2D eigenvalue weighted by atomic mass is 11.4. The Hall–Kier alpha value is -0.280. The number of rotatable bonds is 5. The second kappa shape index (κ2) is 5.50. The van der Waals surface area contributed by atoms with Gasteiger partial charge in [0.25, 0.3) is 0 Å². The first-order valence-electron chi connectivity index (χ1n) is 2.37. The van der Waals surface area contributed by atoms with Gasteiger partial charge in [-0.05, 0) is 7.05 Å². The second-order valence-electron chi connectivity index (χ2n) is 1.32. The molecule has 0 aromatic carbocycles. The molecule has 0 amide bonds. The normalized spacial score (nSPS) is 11.4. The Labute approximate surface area is 57.7 Å². The molecule has 0 heterocycles. The molecule has 0 aromatic heterocycles. The highest BCUT2D eigenvalue weighted by Crippen LogP contribution is 1.85. The lowest BCUT2D eigenvalue weighted by Crippen LogP contribution is -2.17. The molecule has 0 bridgehead atoms. The SMILES string of the molecule is CN([O-])OCOON(C)[O-]. The van der Waals surface area contributed by atoms with Crippen LogP contribution in [0.3, 0.4) is 0 Å². The van der Waals surface area contributed by atoms with Crippen LogP contribution in [0, 0.1) is 10.4 Å². The van der Waals surface area contributed by atoms with Gasteiger partial charge in [0.15, 0.2) is 0 Å². The Bertz CT molecular complexity index is 67.3. The van der Waals surface area contributed by atoms with Crippen molar-refractivity contribution >= 4 is 0 Å². The molecule has 0 rings (SSSR count). The molecule has 7 heteroatoms. The summed E-state index contributed by atoms with van der Waals surface area (Å²) in [5.41, 5.74) is 0. The van der Waals surface area contributed by atoms with Crippen molar-refractivity contribution in [3.8, 4) is 0 Å². The highest BCUT2D eigenvalue weighted by Gasteiger charge is 1.85. The first kappa shape index (κ1) is 9.72. The van der Waals surface area contributed by atoms with Gasteiger partial charge in [0.05, 0.1) is 0 Å². The Kier molecular flexibility index (Phi) is 5.35. The third kappa shape index (κ3) is 7.72. The predicted molar refractivity (Wildman–Crippen MR) is 30.4 cm³/mol. The van der Waals surface area contributed by atoms with E-state index < -0.39 is 6.79 Å². The number of hydroxylamine groups is 4. The van der Waals surface area contributed by atoms with Crippen LogP contribution >= 0.6 is 0 Å². The van der Waals surface area contributed by atoms with E-state index in [0.29, 0.717) is 0 Å². The molecule has 0 aliphatic carbocycles. The van der Waals surface area contributed by atoms with E-state index in [1.807, 2.05) is 0 Å². The summed E-state index contributed by atoms with van der Waals surface area (Å²) < 4.78 is 0. The van der Waals surface area contributed by atoms with Crippen LogP contribution in [-0.4, -0.2) is 31.3 Å². The zero-order chi connectivity index (χ0) is 7.98. The van der Waals surface area contributed by atoms with Crippen LogP contribution in [0.2, 0.25) is 0 Å². The Balaban J connectivity index is 2.91. The van der Waals surface area contributed by atoms with Crippen molar-refractivity contribution in [1.29, 1.82) is 0 Å². The van der Waals surface area contributed by atoms with Gasteiger partial charge in [0.2, 0.25) is 6.79 Å². The van der Waals surface area contributed by atoms with Gasteiger partial charge >= 0.3 is 0 Å². The molecule has 0 aromatic rings. The molecular weight excluding hydrogens is 144 g/mol. The summed E-state index contributed by atoms with van der Waals surface area (Å²) in [6.45, 7) is -0.424. The van der Waals surface area contributed by atoms with Gasteiger partial charge in [-0.15, -0.1) is 0 Å².